The molecule has 0 radical (unpaired) electrons. The minimum absolute atomic E-state index is 0.0559. The van der Waals surface area contributed by atoms with Crippen LogP contribution in [0.1, 0.15) is 44.6 Å². The molecule has 1 saturated carbocycles. The molecule has 1 aliphatic heterocycles. The summed E-state index contributed by atoms with van der Waals surface area (Å²) < 4.78 is 0. The predicted molar refractivity (Wildman–Crippen MR) is 131 cm³/mol. The number of aliphatic hydroxyl groups excluding tert-OH is 1. The first-order valence-corrected chi connectivity index (χ1v) is 12.7. The molecule has 7 nitrogen and oxygen atoms in total. The molecule has 2 fully saturated rings. The van der Waals surface area contributed by atoms with Gasteiger partial charge < -0.3 is 15.3 Å². The lowest BCUT2D eigenvalue weighted by Gasteiger charge is -2.34. The van der Waals surface area contributed by atoms with Gasteiger partial charge in [-0.3, -0.25) is 9.69 Å². The van der Waals surface area contributed by atoms with E-state index in [1.807, 2.05) is 18.2 Å². The Bertz CT molecular complexity index is 1000. The fourth-order valence-corrected chi connectivity index (χ4v) is 5.23. The molecule has 1 aliphatic carbocycles. The van der Waals surface area contributed by atoms with Crippen molar-refractivity contribution in [3.05, 3.63) is 35.2 Å². The molecular formula is C25H33N5O2S. The molecule has 2 aliphatic rings. The highest BCUT2D eigenvalue weighted by Crippen LogP contribution is 2.37. The van der Waals surface area contributed by atoms with Crippen LogP contribution in [0.5, 0.6) is 0 Å². The molecule has 0 spiro atoms. The fraction of sp³-hybridized carbons (Fsp3) is 0.560. The van der Waals surface area contributed by atoms with Gasteiger partial charge in [-0.25, -0.2) is 4.98 Å². The average Bonchev–Trinajstić information content (AvgIpc) is 3.41. The summed E-state index contributed by atoms with van der Waals surface area (Å²) in [4.78, 5) is 22.6. The van der Waals surface area contributed by atoms with E-state index < -0.39 is 5.54 Å². The number of rotatable bonds is 9. The molecule has 1 aromatic heterocycles. The van der Waals surface area contributed by atoms with Crippen LogP contribution in [0.25, 0.3) is 11.3 Å². The van der Waals surface area contributed by atoms with Crippen LogP contribution >= 0.6 is 11.3 Å². The Kier molecular flexibility index (Phi) is 7.32. The van der Waals surface area contributed by atoms with Crippen molar-refractivity contribution in [2.24, 2.45) is 5.92 Å². The summed E-state index contributed by atoms with van der Waals surface area (Å²) in [6.07, 6.45) is 2.20. The number of carbonyl (C=O) groups is 1. The monoisotopic (exact) mass is 467 g/mol. The summed E-state index contributed by atoms with van der Waals surface area (Å²) in [5.74, 6) is 0.0186. The van der Waals surface area contributed by atoms with Gasteiger partial charge in [-0.2, -0.15) is 5.26 Å². The molecule has 2 heterocycles. The highest BCUT2D eigenvalue weighted by Gasteiger charge is 2.45. The number of piperazine rings is 1. The lowest BCUT2D eigenvalue weighted by atomic mass is 9.88. The van der Waals surface area contributed by atoms with Crippen LogP contribution < -0.4 is 10.2 Å². The average molecular weight is 468 g/mol. The number of anilines is 1. The molecule has 8 heteroatoms. The zero-order chi connectivity index (χ0) is 23.4. The van der Waals surface area contributed by atoms with E-state index in [2.05, 4.69) is 46.5 Å². The number of aliphatic hydroxyl groups is 1. The maximum absolute atomic E-state index is 13.1. The summed E-state index contributed by atoms with van der Waals surface area (Å²) in [5.41, 5.74) is 2.25. The second-order valence-corrected chi connectivity index (χ2v) is 10.4. The van der Waals surface area contributed by atoms with E-state index in [0.29, 0.717) is 5.92 Å². The predicted octanol–water partition coefficient (Wildman–Crippen LogP) is 3.23. The topological polar surface area (TPSA) is 92.5 Å². The molecule has 1 aromatic carbocycles. The molecular weight excluding hydrogens is 434 g/mol. The van der Waals surface area contributed by atoms with Crippen LogP contribution in [-0.4, -0.2) is 65.8 Å². The minimum atomic E-state index is -0.658. The van der Waals surface area contributed by atoms with E-state index >= 15 is 0 Å². The van der Waals surface area contributed by atoms with Crippen LogP contribution in [0.3, 0.4) is 0 Å². The molecule has 4 rings (SSSR count). The Morgan fingerprint density at radius 2 is 2.06 bits per heavy atom. The number of hydrogen-bond acceptors (Lipinski definition) is 7. The number of nitrogens with one attached hydrogen (secondary N) is 1. The Balaban J connectivity index is 1.50. The van der Waals surface area contributed by atoms with E-state index in [0.717, 1.165) is 73.9 Å². The number of aromatic nitrogens is 1. The molecule has 33 heavy (non-hydrogen) atoms. The number of nitriles is 1. The van der Waals surface area contributed by atoms with E-state index in [9.17, 15) is 10.1 Å². The number of carbonyl (C=O) groups excluding carboxylic acids is 1. The van der Waals surface area contributed by atoms with Gasteiger partial charge in [-0.05, 0) is 36.8 Å². The van der Waals surface area contributed by atoms with Crippen molar-refractivity contribution in [1.82, 2.24) is 15.2 Å². The number of hydrogen-bond donors (Lipinski definition) is 2. The van der Waals surface area contributed by atoms with E-state index in [1.54, 1.807) is 11.3 Å². The minimum Gasteiger partial charge on any atom is -0.395 e. The highest BCUT2D eigenvalue weighted by atomic mass is 32.1. The lowest BCUT2D eigenvalue weighted by Crippen LogP contribution is -2.47. The van der Waals surface area contributed by atoms with Gasteiger partial charge >= 0.3 is 0 Å². The van der Waals surface area contributed by atoms with Crippen molar-refractivity contribution in [2.45, 2.75) is 44.6 Å². The van der Waals surface area contributed by atoms with Crippen molar-refractivity contribution in [1.29, 1.82) is 5.26 Å². The second-order valence-electron chi connectivity index (χ2n) is 9.56. The van der Waals surface area contributed by atoms with Gasteiger partial charge in [0.15, 0.2) is 5.13 Å². The van der Waals surface area contributed by atoms with Crippen LogP contribution in [0.15, 0.2) is 29.6 Å². The Labute approximate surface area is 200 Å². The van der Waals surface area contributed by atoms with Gasteiger partial charge in [0.25, 0.3) is 0 Å². The first kappa shape index (κ1) is 23.7. The Hall–Kier alpha value is -2.47. The van der Waals surface area contributed by atoms with Crippen molar-refractivity contribution in [3.8, 4) is 17.3 Å². The summed E-state index contributed by atoms with van der Waals surface area (Å²) in [5, 5.41) is 24.6. The van der Waals surface area contributed by atoms with Gasteiger partial charge in [0.05, 0.1) is 24.3 Å². The third kappa shape index (κ3) is 5.72. The van der Waals surface area contributed by atoms with E-state index in [1.165, 1.54) is 0 Å². The van der Waals surface area contributed by atoms with Crippen molar-refractivity contribution in [2.75, 3.05) is 44.2 Å². The summed E-state index contributed by atoms with van der Waals surface area (Å²) in [6.45, 7) is 8.84. The number of amides is 1. The van der Waals surface area contributed by atoms with E-state index in [-0.39, 0.29) is 18.4 Å². The van der Waals surface area contributed by atoms with E-state index in [4.69, 9.17) is 10.1 Å². The van der Waals surface area contributed by atoms with Crippen molar-refractivity contribution in [3.63, 3.8) is 0 Å². The zero-order valence-corrected chi connectivity index (χ0v) is 20.3. The van der Waals surface area contributed by atoms with Gasteiger partial charge in [0.1, 0.15) is 5.54 Å². The third-order valence-corrected chi connectivity index (χ3v) is 7.39. The molecule has 1 amide bonds. The number of β-amino-alcohol motifs (C(OH)–C–C–N with tert-alkyl or cyclic N) is 1. The Morgan fingerprint density at radius 1 is 1.30 bits per heavy atom. The van der Waals surface area contributed by atoms with Crippen molar-refractivity contribution < 1.29 is 9.90 Å². The van der Waals surface area contributed by atoms with Gasteiger partial charge in [-0.1, -0.05) is 32.0 Å². The lowest BCUT2D eigenvalue weighted by molar-refractivity contribution is -0.123. The fourth-order valence-electron chi connectivity index (χ4n) is 4.34. The largest absolute Gasteiger partial charge is 0.395 e. The standard InChI is InChI=1S/C25H33N5O2S/c1-18(2)14-21(23(32)28-25(17-26)6-7-25)19-4-3-5-20(15-19)22-16-33-24(27-22)30-10-8-29(9-11-30)12-13-31/h3-5,15-16,18,21,31H,6-14H2,1-2H3,(H,28,32). The van der Waals surface area contributed by atoms with Gasteiger partial charge in [-0.15, -0.1) is 11.3 Å². The molecule has 2 aromatic rings. The third-order valence-electron chi connectivity index (χ3n) is 6.49. The maximum Gasteiger partial charge on any atom is 0.228 e. The van der Waals surface area contributed by atoms with Crippen LogP contribution in [0.4, 0.5) is 5.13 Å². The molecule has 1 saturated heterocycles. The summed E-state index contributed by atoms with van der Waals surface area (Å²) in [7, 11) is 0. The molecule has 1 atom stereocenters. The smallest absolute Gasteiger partial charge is 0.228 e. The van der Waals surface area contributed by atoms with Crippen molar-refractivity contribution >= 4 is 22.4 Å². The quantitative estimate of drug-likeness (QED) is 0.588. The van der Waals surface area contributed by atoms with Gasteiger partial charge in [0.2, 0.25) is 5.91 Å². The molecule has 0 bridgehead atoms. The Morgan fingerprint density at radius 3 is 2.70 bits per heavy atom. The number of nitrogens with zero attached hydrogens (tertiary/aromatic N) is 4. The zero-order valence-electron chi connectivity index (χ0n) is 19.5. The van der Waals surface area contributed by atoms with Gasteiger partial charge in [0, 0.05) is 43.7 Å². The van der Waals surface area contributed by atoms with Crippen LogP contribution in [0.2, 0.25) is 0 Å². The molecule has 2 N–H and O–H groups in total. The van der Waals surface area contributed by atoms with Crippen LogP contribution in [-0.2, 0) is 4.79 Å². The first-order chi connectivity index (χ1) is 15.9. The molecule has 176 valence electrons. The SMILES string of the molecule is CC(C)CC(C(=O)NC1(C#N)CC1)c1cccc(-c2csc(N3CCN(CCO)CC3)n2)c1. The first-order valence-electron chi connectivity index (χ1n) is 11.8. The number of thiazole rings is 1. The summed E-state index contributed by atoms with van der Waals surface area (Å²) in [6, 6.07) is 10.4. The normalized spacial score (nSPS) is 18.7. The maximum atomic E-state index is 13.1. The second kappa shape index (κ2) is 10.2. The molecule has 1 unspecified atom stereocenters. The highest BCUT2D eigenvalue weighted by molar-refractivity contribution is 7.14. The summed E-state index contributed by atoms with van der Waals surface area (Å²) >= 11 is 1.65. The number of benzene rings is 1. The van der Waals surface area contributed by atoms with Crippen LogP contribution in [0, 0.1) is 17.2 Å².